The first-order valence-electron chi connectivity index (χ1n) is 11.4. The summed E-state index contributed by atoms with van der Waals surface area (Å²) in [7, 11) is 2.07. The number of fused-ring (bicyclic) bond motifs is 2. The van der Waals surface area contributed by atoms with Crippen LogP contribution in [0.2, 0.25) is 5.02 Å². The molecular formula is C24H30ClN7O. The fraction of sp³-hybridized carbons (Fsp3) is 0.458. The first-order chi connectivity index (χ1) is 15.7. The van der Waals surface area contributed by atoms with Gasteiger partial charge in [0.15, 0.2) is 5.65 Å². The van der Waals surface area contributed by atoms with Crippen LogP contribution in [0.4, 0.5) is 5.82 Å². The molecule has 0 aliphatic heterocycles. The van der Waals surface area contributed by atoms with E-state index in [4.69, 9.17) is 27.3 Å². The van der Waals surface area contributed by atoms with Gasteiger partial charge in [0.2, 0.25) is 0 Å². The molecule has 33 heavy (non-hydrogen) atoms. The van der Waals surface area contributed by atoms with Gasteiger partial charge in [-0.25, -0.2) is 9.97 Å². The Kier molecular flexibility index (Phi) is 5.55. The van der Waals surface area contributed by atoms with Crippen molar-refractivity contribution in [2.24, 2.45) is 5.73 Å². The lowest BCUT2D eigenvalue weighted by molar-refractivity contribution is 0.0580. The predicted octanol–water partition coefficient (Wildman–Crippen LogP) is 4.11. The van der Waals surface area contributed by atoms with Crippen molar-refractivity contribution in [1.82, 2.24) is 24.7 Å². The fourth-order valence-electron chi connectivity index (χ4n) is 4.80. The van der Waals surface area contributed by atoms with Crippen molar-refractivity contribution in [3.05, 3.63) is 35.7 Å². The van der Waals surface area contributed by atoms with Crippen molar-refractivity contribution < 1.29 is 5.11 Å². The number of nitrogens with one attached hydrogen (secondary N) is 1. The number of nitrogens with two attached hydrogens (primary N) is 1. The molecule has 0 saturated heterocycles. The van der Waals surface area contributed by atoms with E-state index in [1.807, 2.05) is 30.7 Å². The van der Waals surface area contributed by atoms with Crippen molar-refractivity contribution in [2.45, 2.75) is 63.8 Å². The summed E-state index contributed by atoms with van der Waals surface area (Å²) in [4.78, 5) is 15.0. The third-order valence-corrected chi connectivity index (χ3v) is 6.88. The van der Waals surface area contributed by atoms with Crippen molar-refractivity contribution in [3.8, 4) is 11.1 Å². The number of H-pyrrole nitrogens is 1. The third-order valence-electron chi connectivity index (χ3n) is 6.47. The number of hydrogen-bond donors (Lipinski definition) is 3. The van der Waals surface area contributed by atoms with Crippen LogP contribution in [0.25, 0.3) is 33.2 Å². The Morgan fingerprint density at radius 3 is 2.88 bits per heavy atom. The average Bonchev–Trinajstić information content (AvgIpc) is 3.36. The molecular weight excluding hydrogens is 438 g/mol. The average molecular weight is 468 g/mol. The monoisotopic (exact) mass is 467 g/mol. The van der Waals surface area contributed by atoms with Gasteiger partial charge in [0.05, 0.1) is 28.9 Å². The Hall–Kier alpha value is -2.68. The molecule has 1 fully saturated rings. The standard InChI is InChI=1S/C24H30ClN7O/c1-24(2,33)13-32-12-18-19(30-32)8-7-16(21(18)25)17-10-28-23-22(17)27-11-20(29-23)31(3)15-6-4-5-14(26)9-15/h7-8,10-12,14-15,33H,4-6,9,13,26H2,1-3H3,(H,28,29)/t14-,15-/m1/s1. The second-order valence-electron chi connectivity index (χ2n) is 9.82. The number of aliphatic hydroxyl groups is 1. The summed E-state index contributed by atoms with van der Waals surface area (Å²) in [6, 6.07) is 4.54. The molecule has 0 bridgehead atoms. The summed E-state index contributed by atoms with van der Waals surface area (Å²) in [6.07, 6.45) is 9.94. The molecule has 1 aromatic carbocycles. The van der Waals surface area contributed by atoms with E-state index in [1.165, 1.54) is 0 Å². The highest BCUT2D eigenvalue weighted by molar-refractivity contribution is 6.38. The van der Waals surface area contributed by atoms with Gasteiger partial charge in [-0.1, -0.05) is 17.7 Å². The van der Waals surface area contributed by atoms with E-state index >= 15 is 0 Å². The third kappa shape index (κ3) is 4.30. The number of nitrogens with zero attached hydrogens (tertiary/aromatic N) is 5. The fourth-order valence-corrected chi connectivity index (χ4v) is 5.11. The Morgan fingerprint density at radius 1 is 1.30 bits per heavy atom. The lowest BCUT2D eigenvalue weighted by Crippen LogP contribution is -2.41. The largest absolute Gasteiger partial charge is 0.389 e. The van der Waals surface area contributed by atoms with Crippen LogP contribution in [0.5, 0.6) is 0 Å². The van der Waals surface area contributed by atoms with Gasteiger partial charge < -0.3 is 20.7 Å². The molecule has 1 saturated carbocycles. The minimum atomic E-state index is -0.864. The minimum absolute atomic E-state index is 0.254. The van der Waals surface area contributed by atoms with Crippen LogP contribution in [-0.4, -0.2) is 54.6 Å². The second kappa shape index (κ2) is 8.27. The molecule has 4 aromatic rings. The molecule has 3 heterocycles. The van der Waals surface area contributed by atoms with Crippen molar-refractivity contribution in [1.29, 1.82) is 0 Å². The van der Waals surface area contributed by atoms with E-state index in [1.54, 1.807) is 18.5 Å². The van der Waals surface area contributed by atoms with Gasteiger partial charge in [-0.05, 0) is 45.6 Å². The smallest absolute Gasteiger partial charge is 0.159 e. The van der Waals surface area contributed by atoms with Gasteiger partial charge in [-0.2, -0.15) is 5.10 Å². The number of aromatic nitrogens is 5. The summed E-state index contributed by atoms with van der Waals surface area (Å²) in [5, 5.41) is 16.1. The Bertz CT molecular complexity index is 1310. The van der Waals surface area contributed by atoms with E-state index in [-0.39, 0.29) is 6.04 Å². The summed E-state index contributed by atoms with van der Waals surface area (Å²) in [5.74, 6) is 0.837. The maximum atomic E-state index is 10.1. The summed E-state index contributed by atoms with van der Waals surface area (Å²) >= 11 is 6.82. The van der Waals surface area contributed by atoms with Gasteiger partial charge in [0, 0.05) is 48.0 Å². The summed E-state index contributed by atoms with van der Waals surface area (Å²) in [6.45, 7) is 3.89. The Balaban J connectivity index is 1.48. The van der Waals surface area contributed by atoms with Gasteiger partial charge in [0.25, 0.3) is 0 Å². The Labute approximate surface area is 197 Å². The Morgan fingerprint density at radius 2 is 2.12 bits per heavy atom. The predicted molar refractivity (Wildman–Crippen MR) is 133 cm³/mol. The first kappa shape index (κ1) is 22.1. The van der Waals surface area contributed by atoms with Crippen molar-refractivity contribution in [3.63, 3.8) is 0 Å². The number of rotatable bonds is 5. The first-order valence-corrected chi connectivity index (χ1v) is 11.8. The van der Waals surface area contributed by atoms with Crippen molar-refractivity contribution in [2.75, 3.05) is 11.9 Å². The number of halogens is 1. The molecule has 0 spiro atoms. The summed E-state index contributed by atoms with van der Waals surface area (Å²) < 4.78 is 1.73. The molecule has 3 aromatic heterocycles. The zero-order valence-electron chi connectivity index (χ0n) is 19.2. The zero-order chi connectivity index (χ0) is 23.3. The molecule has 1 aliphatic carbocycles. The highest BCUT2D eigenvalue weighted by Crippen LogP contribution is 2.37. The highest BCUT2D eigenvalue weighted by Gasteiger charge is 2.24. The van der Waals surface area contributed by atoms with E-state index in [0.29, 0.717) is 17.6 Å². The number of anilines is 1. The van der Waals surface area contributed by atoms with Gasteiger partial charge in [0.1, 0.15) is 11.3 Å². The van der Waals surface area contributed by atoms with E-state index in [2.05, 4.69) is 22.0 Å². The van der Waals surface area contributed by atoms with Gasteiger partial charge in [-0.3, -0.25) is 4.68 Å². The molecule has 174 valence electrons. The topological polar surface area (TPSA) is 109 Å². The van der Waals surface area contributed by atoms with Crippen LogP contribution < -0.4 is 10.6 Å². The molecule has 0 radical (unpaired) electrons. The van der Waals surface area contributed by atoms with Crippen molar-refractivity contribution >= 4 is 39.5 Å². The number of aromatic amines is 1. The van der Waals surface area contributed by atoms with Gasteiger partial charge >= 0.3 is 0 Å². The van der Waals surface area contributed by atoms with Crippen LogP contribution >= 0.6 is 11.6 Å². The number of benzene rings is 1. The number of hydrogen-bond acceptors (Lipinski definition) is 6. The molecule has 0 amide bonds. The molecule has 8 nitrogen and oxygen atoms in total. The van der Waals surface area contributed by atoms with Crippen LogP contribution in [-0.2, 0) is 6.54 Å². The normalized spacial score (nSPS) is 19.5. The van der Waals surface area contributed by atoms with Gasteiger partial charge in [-0.15, -0.1) is 0 Å². The lowest BCUT2D eigenvalue weighted by atomic mass is 9.91. The SMILES string of the molecule is CN(c1cnc2c(-c3ccc4nn(CC(C)(C)O)cc4c3Cl)c[nH]c2n1)[C@@H]1CCC[C@@H](N)C1. The van der Waals surface area contributed by atoms with E-state index in [9.17, 15) is 5.11 Å². The maximum absolute atomic E-state index is 10.1. The maximum Gasteiger partial charge on any atom is 0.159 e. The lowest BCUT2D eigenvalue weighted by Gasteiger charge is -2.34. The van der Waals surface area contributed by atoms with Crippen LogP contribution in [0.15, 0.2) is 30.7 Å². The van der Waals surface area contributed by atoms with E-state index in [0.717, 1.165) is 64.7 Å². The minimum Gasteiger partial charge on any atom is -0.389 e. The summed E-state index contributed by atoms with van der Waals surface area (Å²) in [5.41, 5.74) is 9.37. The molecule has 0 unspecified atom stereocenters. The van der Waals surface area contributed by atoms with Crippen LogP contribution in [0.1, 0.15) is 39.5 Å². The second-order valence-corrected chi connectivity index (χ2v) is 10.2. The quantitative estimate of drug-likeness (QED) is 0.407. The van der Waals surface area contributed by atoms with Crippen LogP contribution in [0, 0.1) is 0 Å². The van der Waals surface area contributed by atoms with Crippen LogP contribution in [0.3, 0.4) is 0 Å². The highest BCUT2D eigenvalue weighted by atomic mass is 35.5. The van der Waals surface area contributed by atoms with E-state index < -0.39 is 5.60 Å². The molecule has 1 aliphatic rings. The zero-order valence-corrected chi connectivity index (χ0v) is 20.0. The molecule has 9 heteroatoms. The molecule has 4 N–H and O–H groups in total. The molecule has 2 atom stereocenters. The molecule has 5 rings (SSSR count).